The van der Waals surface area contributed by atoms with Crippen molar-refractivity contribution < 1.29 is 4.42 Å². The van der Waals surface area contributed by atoms with Gasteiger partial charge in [-0.3, -0.25) is 4.99 Å². The molecule has 26 heavy (non-hydrogen) atoms. The summed E-state index contributed by atoms with van der Waals surface area (Å²) >= 11 is 7.65. The molecule has 0 bridgehead atoms. The van der Waals surface area contributed by atoms with Gasteiger partial charge in [0.2, 0.25) is 5.89 Å². The zero-order chi connectivity index (χ0) is 17.8. The van der Waals surface area contributed by atoms with E-state index in [1.165, 1.54) is 0 Å². The van der Waals surface area contributed by atoms with E-state index in [0.717, 1.165) is 27.2 Å². The topological polar surface area (TPSA) is 58.6 Å². The van der Waals surface area contributed by atoms with Crippen molar-refractivity contribution in [3.8, 4) is 10.8 Å². The van der Waals surface area contributed by atoms with Crippen LogP contribution < -0.4 is 5.32 Å². The molecule has 3 aromatic rings. The van der Waals surface area contributed by atoms with Crippen molar-refractivity contribution in [2.24, 2.45) is 12.0 Å². The number of hydrogen-bond acceptors (Lipinski definition) is 4. The first kappa shape index (κ1) is 20.8. The quantitative estimate of drug-likeness (QED) is 0.320. The molecule has 140 valence electrons. The van der Waals surface area contributed by atoms with Crippen LogP contribution in [0.1, 0.15) is 11.4 Å². The molecule has 0 spiro atoms. The molecule has 0 fully saturated rings. The summed E-state index contributed by atoms with van der Waals surface area (Å²) in [5, 5.41) is 6.04. The van der Waals surface area contributed by atoms with Crippen LogP contribution in [-0.2, 0) is 20.1 Å². The second-order valence-electron chi connectivity index (χ2n) is 5.64. The largest absolute Gasteiger partial charge is 0.443 e. The Labute approximate surface area is 178 Å². The number of aliphatic imine (C=N–C) groups is 1. The molecule has 3 rings (SSSR count). The Balaban J connectivity index is 0.00000243. The minimum Gasteiger partial charge on any atom is -0.443 e. The highest BCUT2D eigenvalue weighted by molar-refractivity contribution is 14.0. The van der Waals surface area contributed by atoms with Gasteiger partial charge >= 0.3 is 0 Å². The Morgan fingerprint density at radius 1 is 1.50 bits per heavy atom. The third-order valence-corrected chi connectivity index (χ3v) is 4.82. The van der Waals surface area contributed by atoms with Gasteiger partial charge in [0.15, 0.2) is 5.96 Å². The second-order valence-corrected chi connectivity index (χ2v) is 7.02. The molecule has 0 amide bonds. The lowest BCUT2D eigenvalue weighted by Crippen LogP contribution is -2.38. The lowest BCUT2D eigenvalue weighted by atomic mass is 10.4. The zero-order valence-electron chi connectivity index (χ0n) is 14.8. The summed E-state index contributed by atoms with van der Waals surface area (Å²) in [7, 11) is 5.72. The van der Waals surface area contributed by atoms with Crippen LogP contribution in [-0.4, -0.2) is 34.5 Å². The lowest BCUT2D eigenvalue weighted by Gasteiger charge is -2.22. The Bertz CT molecular complexity index is 859. The fourth-order valence-corrected chi connectivity index (χ4v) is 3.42. The third kappa shape index (κ3) is 5.01. The zero-order valence-corrected chi connectivity index (χ0v) is 18.7. The van der Waals surface area contributed by atoms with Gasteiger partial charge in [-0.25, -0.2) is 4.98 Å². The standard InChI is InChI=1S/C17H20ClN5OS.HI/c1-19-17(23(3)10-14-7-12(18)9-22(14)2)20-8-13-11-24-16(21-13)15-5-4-6-25-15;/h4-7,9,11H,8,10H2,1-3H3,(H,19,20);1H. The van der Waals surface area contributed by atoms with Gasteiger partial charge in [0.25, 0.3) is 0 Å². The summed E-state index contributed by atoms with van der Waals surface area (Å²) in [6.07, 6.45) is 3.56. The molecular formula is C17H21ClIN5OS. The molecule has 0 unspecified atom stereocenters. The molecule has 3 aromatic heterocycles. The maximum atomic E-state index is 6.05. The Kier molecular flexibility index (Phi) is 7.54. The highest BCUT2D eigenvalue weighted by atomic mass is 127. The molecule has 0 aliphatic carbocycles. The molecule has 9 heteroatoms. The van der Waals surface area contributed by atoms with Gasteiger partial charge in [0.1, 0.15) is 6.26 Å². The van der Waals surface area contributed by atoms with Crippen molar-refractivity contribution in [1.29, 1.82) is 0 Å². The maximum Gasteiger partial charge on any atom is 0.236 e. The van der Waals surface area contributed by atoms with E-state index in [4.69, 9.17) is 16.0 Å². The molecule has 0 saturated carbocycles. The van der Waals surface area contributed by atoms with Crippen molar-refractivity contribution in [2.45, 2.75) is 13.1 Å². The second kappa shape index (κ2) is 9.43. The van der Waals surface area contributed by atoms with E-state index < -0.39 is 0 Å². The highest BCUT2D eigenvalue weighted by Crippen LogP contribution is 2.23. The van der Waals surface area contributed by atoms with Crippen LogP contribution in [0.5, 0.6) is 0 Å². The fourth-order valence-electron chi connectivity index (χ4n) is 2.50. The number of guanidine groups is 1. The van der Waals surface area contributed by atoms with E-state index in [9.17, 15) is 0 Å². The predicted octanol–water partition coefficient (Wildman–Crippen LogP) is 4.22. The Hall–Kier alpha value is -1.52. The number of rotatable bonds is 5. The third-order valence-electron chi connectivity index (χ3n) is 3.76. The lowest BCUT2D eigenvalue weighted by molar-refractivity contribution is 0.461. The van der Waals surface area contributed by atoms with Gasteiger partial charge in [-0.1, -0.05) is 17.7 Å². The fraction of sp³-hybridized carbons (Fsp3) is 0.294. The minimum atomic E-state index is 0. The van der Waals surface area contributed by atoms with Gasteiger partial charge < -0.3 is 19.2 Å². The number of aryl methyl sites for hydroxylation is 1. The van der Waals surface area contributed by atoms with E-state index in [2.05, 4.69) is 15.3 Å². The number of aromatic nitrogens is 2. The molecule has 0 saturated heterocycles. The molecule has 0 aliphatic heterocycles. The monoisotopic (exact) mass is 505 g/mol. The molecule has 0 radical (unpaired) electrons. The molecule has 0 aliphatic rings. The van der Waals surface area contributed by atoms with Crippen molar-refractivity contribution in [1.82, 2.24) is 19.8 Å². The first-order valence-corrected chi connectivity index (χ1v) is 9.03. The van der Waals surface area contributed by atoms with Crippen molar-refractivity contribution in [3.63, 3.8) is 0 Å². The van der Waals surface area contributed by atoms with Gasteiger partial charge in [0, 0.05) is 33.0 Å². The normalized spacial score (nSPS) is 11.3. The molecular weight excluding hydrogens is 485 g/mol. The number of thiophene rings is 1. The van der Waals surface area contributed by atoms with Crippen LogP contribution in [0.25, 0.3) is 10.8 Å². The van der Waals surface area contributed by atoms with Crippen molar-refractivity contribution in [3.05, 3.63) is 52.4 Å². The van der Waals surface area contributed by atoms with Gasteiger partial charge in [0.05, 0.1) is 28.7 Å². The maximum absolute atomic E-state index is 6.05. The van der Waals surface area contributed by atoms with E-state index in [1.807, 2.05) is 53.3 Å². The molecule has 0 aromatic carbocycles. The van der Waals surface area contributed by atoms with Crippen LogP contribution in [0.4, 0.5) is 0 Å². The van der Waals surface area contributed by atoms with Crippen LogP contribution in [0.15, 0.2) is 45.4 Å². The summed E-state index contributed by atoms with van der Waals surface area (Å²) in [6.45, 7) is 1.24. The Morgan fingerprint density at radius 2 is 2.31 bits per heavy atom. The number of halogens is 2. The van der Waals surface area contributed by atoms with E-state index >= 15 is 0 Å². The molecule has 1 N–H and O–H groups in total. The molecule has 6 nitrogen and oxygen atoms in total. The SMILES string of the molecule is CN=C(NCc1coc(-c2cccs2)n1)N(C)Cc1cc(Cl)cn1C.I. The summed E-state index contributed by atoms with van der Waals surface area (Å²) in [5.41, 5.74) is 1.94. The van der Waals surface area contributed by atoms with Crippen molar-refractivity contribution >= 4 is 52.9 Å². The number of hydrogen-bond donors (Lipinski definition) is 1. The van der Waals surface area contributed by atoms with Crippen molar-refractivity contribution in [2.75, 3.05) is 14.1 Å². The summed E-state index contributed by atoms with van der Waals surface area (Å²) in [6, 6.07) is 5.93. The van der Waals surface area contributed by atoms with Gasteiger partial charge in [-0.2, -0.15) is 0 Å². The van der Waals surface area contributed by atoms with Gasteiger partial charge in [-0.05, 0) is 17.5 Å². The van der Waals surface area contributed by atoms with E-state index in [1.54, 1.807) is 24.6 Å². The van der Waals surface area contributed by atoms with Gasteiger partial charge in [-0.15, -0.1) is 35.3 Å². The summed E-state index contributed by atoms with van der Waals surface area (Å²) in [4.78, 5) is 11.9. The van der Waals surface area contributed by atoms with E-state index in [-0.39, 0.29) is 24.0 Å². The predicted molar refractivity (Wildman–Crippen MR) is 117 cm³/mol. The Morgan fingerprint density at radius 3 is 2.92 bits per heavy atom. The summed E-state index contributed by atoms with van der Waals surface area (Å²) in [5.74, 6) is 1.42. The first-order chi connectivity index (χ1) is 12.1. The molecule has 3 heterocycles. The average molecular weight is 506 g/mol. The number of oxazole rings is 1. The van der Waals surface area contributed by atoms with Crippen LogP contribution >= 0.6 is 46.9 Å². The average Bonchev–Trinajstić information content (AvgIpc) is 3.30. The first-order valence-electron chi connectivity index (χ1n) is 7.77. The summed E-state index contributed by atoms with van der Waals surface area (Å²) < 4.78 is 7.55. The number of nitrogens with one attached hydrogen (secondary N) is 1. The van der Waals surface area contributed by atoms with E-state index in [0.29, 0.717) is 19.0 Å². The van der Waals surface area contributed by atoms with Crippen LogP contribution in [0.2, 0.25) is 5.02 Å². The van der Waals surface area contributed by atoms with Crippen LogP contribution in [0, 0.1) is 0 Å². The smallest absolute Gasteiger partial charge is 0.236 e. The highest BCUT2D eigenvalue weighted by Gasteiger charge is 2.12. The number of nitrogens with zero attached hydrogens (tertiary/aromatic N) is 4. The minimum absolute atomic E-state index is 0. The van der Waals surface area contributed by atoms with Crippen LogP contribution in [0.3, 0.4) is 0 Å². The molecule has 0 atom stereocenters.